The number of piperidine rings is 1. The van der Waals surface area contributed by atoms with Crippen molar-refractivity contribution in [3.63, 3.8) is 0 Å². The zero-order chi connectivity index (χ0) is 19.6. The molecule has 3 rings (SSSR count). The summed E-state index contributed by atoms with van der Waals surface area (Å²) in [5.41, 5.74) is 0.294. The third-order valence-corrected chi connectivity index (χ3v) is 4.96. The Labute approximate surface area is 162 Å². The second-order valence-corrected chi connectivity index (χ2v) is 7.24. The first-order chi connectivity index (χ1) is 12.8. The molecule has 2 aromatic rings. The highest BCUT2D eigenvalue weighted by Gasteiger charge is 2.23. The lowest BCUT2D eigenvalue weighted by molar-refractivity contribution is 0.0696. The predicted octanol–water partition coefficient (Wildman–Crippen LogP) is 2.56. The van der Waals surface area contributed by atoms with Crippen molar-refractivity contribution in [3.8, 4) is 0 Å². The van der Waals surface area contributed by atoms with Gasteiger partial charge in [0.05, 0.1) is 11.1 Å². The van der Waals surface area contributed by atoms with Gasteiger partial charge in [-0.05, 0) is 37.0 Å². The molecule has 0 unspecified atom stereocenters. The van der Waals surface area contributed by atoms with Crippen molar-refractivity contribution in [3.05, 3.63) is 57.2 Å². The van der Waals surface area contributed by atoms with Gasteiger partial charge in [-0.15, -0.1) is 0 Å². The molecule has 0 aromatic carbocycles. The molecular weight excluding hydrogens is 368 g/mol. The lowest BCUT2D eigenvalue weighted by Crippen LogP contribution is -2.38. The Bertz CT molecular complexity index is 916. The monoisotopic (exact) mass is 388 g/mol. The third-order valence-electron chi connectivity index (χ3n) is 4.74. The van der Waals surface area contributed by atoms with E-state index in [1.54, 1.807) is 11.9 Å². The van der Waals surface area contributed by atoms with Gasteiger partial charge < -0.3 is 14.8 Å². The van der Waals surface area contributed by atoms with Gasteiger partial charge >= 0.3 is 0 Å². The lowest BCUT2D eigenvalue weighted by Gasteiger charge is -2.30. The summed E-state index contributed by atoms with van der Waals surface area (Å²) < 4.78 is 1.30. The van der Waals surface area contributed by atoms with Gasteiger partial charge in [0, 0.05) is 32.5 Å². The maximum absolute atomic E-state index is 12.8. The first-order valence-corrected chi connectivity index (χ1v) is 9.16. The van der Waals surface area contributed by atoms with Crippen LogP contribution in [-0.2, 0) is 7.05 Å². The molecule has 1 aliphatic heterocycles. The van der Waals surface area contributed by atoms with E-state index in [0.717, 1.165) is 12.8 Å². The van der Waals surface area contributed by atoms with E-state index in [1.807, 2.05) is 0 Å². The highest BCUT2D eigenvalue weighted by Crippen LogP contribution is 2.19. The van der Waals surface area contributed by atoms with Crippen molar-refractivity contribution in [2.45, 2.75) is 19.8 Å². The number of likely N-dealkylation sites (tertiary alicyclic amines) is 1. The van der Waals surface area contributed by atoms with Crippen molar-refractivity contribution >= 4 is 29.1 Å². The maximum atomic E-state index is 12.8. The lowest BCUT2D eigenvalue weighted by atomic mass is 9.99. The van der Waals surface area contributed by atoms with Gasteiger partial charge in [0.25, 0.3) is 17.4 Å². The number of rotatable bonds is 3. The van der Waals surface area contributed by atoms with Gasteiger partial charge in [-0.1, -0.05) is 18.5 Å². The van der Waals surface area contributed by atoms with Crippen LogP contribution in [-0.4, -0.2) is 39.4 Å². The Kier molecular flexibility index (Phi) is 5.60. The van der Waals surface area contributed by atoms with Gasteiger partial charge in [-0.25, -0.2) is 4.98 Å². The number of aromatic nitrogens is 2. The molecule has 0 saturated carbocycles. The quantitative estimate of drug-likeness (QED) is 0.819. The molecular formula is C19H21ClN4O3. The number of nitrogens with one attached hydrogen (secondary N) is 1. The smallest absolute Gasteiger partial charge is 0.274 e. The topological polar surface area (TPSA) is 84.3 Å². The van der Waals surface area contributed by atoms with Crippen LogP contribution in [0.3, 0.4) is 0 Å². The van der Waals surface area contributed by atoms with E-state index < -0.39 is 11.5 Å². The second-order valence-electron chi connectivity index (χ2n) is 6.86. The molecule has 7 nitrogen and oxygen atoms in total. The Morgan fingerprint density at radius 3 is 2.56 bits per heavy atom. The summed E-state index contributed by atoms with van der Waals surface area (Å²) in [5, 5.41) is 2.84. The summed E-state index contributed by atoms with van der Waals surface area (Å²) in [6, 6.07) is 4.44. The van der Waals surface area contributed by atoms with Gasteiger partial charge in [0.2, 0.25) is 0 Å². The number of hydrogen-bond donors (Lipinski definition) is 1. The van der Waals surface area contributed by atoms with E-state index in [-0.39, 0.29) is 22.3 Å². The van der Waals surface area contributed by atoms with Crippen LogP contribution in [0.15, 0.2) is 35.4 Å². The Hall–Kier alpha value is -2.67. The van der Waals surface area contributed by atoms with Crippen LogP contribution in [0, 0.1) is 5.92 Å². The molecule has 2 amide bonds. The first-order valence-electron chi connectivity index (χ1n) is 8.78. The summed E-state index contributed by atoms with van der Waals surface area (Å²) in [4.78, 5) is 43.2. The van der Waals surface area contributed by atoms with Gasteiger partial charge in [0.15, 0.2) is 0 Å². The van der Waals surface area contributed by atoms with E-state index in [4.69, 9.17) is 11.6 Å². The Morgan fingerprint density at radius 2 is 1.93 bits per heavy atom. The number of anilines is 1. The minimum atomic E-state index is -0.493. The fraction of sp³-hybridized carbons (Fsp3) is 0.368. The molecule has 1 saturated heterocycles. The van der Waals surface area contributed by atoms with E-state index in [2.05, 4.69) is 17.2 Å². The first kappa shape index (κ1) is 19.1. The number of halogens is 1. The summed E-state index contributed by atoms with van der Waals surface area (Å²) >= 11 is 5.72. The fourth-order valence-corrected chi connectivity index (χ4v) is 3.13. The average molecular weight is 389 g/mol. The van der Waals surface area contributed by atoms with E-state index >= 15 is 0 Å². The second kappa shape index (κ2) is 7.92. The van der Waals surface area contributed by atoms with Crippen molar-refractivity contribution in [1.82, 2.24) is 14.5 Å². The molecule has 1 N–H and O–H groups in total. The Morgan fingerprint density at radius 1 is 1.22 bits per heavy atom. The summed E-state index contributed by atoms with van der Waals surface area (Å²) in [6.07, 6.45) is 4.75. The average Bonchev–Trinajstić information content (AvgIpc) is 2.65. The van der Waals surface area contributed by atoms with Crippen LogP contribution in [0.2, 0.25) is 5.15 Å². The zero-order valence-electron chi connectivity index (χ0n) is 15.2. The van der Waals surface area contributed by atoms with Gasteiger partial charge in [0.1, 0.15) is 10.8 Å². The number of nitrogens with zero attached hydrogens (tertiary/aromatic N) is 3. The van der Waals surface area contributed by atoms with Crippen molar-refractivity contribution < 1.29 is 9.59 Å². The van der Waals surface area contributed by atoms with Gasteiger partial charge in [-0.2, -0.15) is 0 Å². The summed E-state index contributed by atoms with van der Waals surface area (Å²) in [5.74, 6) is -0.0224. The zero-order valence-corrected chi connectivity index (χ0v) is 16.0. The molecule has 0 atom stereocenters. The third kappa shape index (κ3) is 4.36. The molecule has 2 aromatic heterocycles. The van der Waals surface area contributed by atoms with E-state index in [0.29, 0.717) is 24.6 Å². The number of pyridine rings is 2. The van der Waals surface area contributed by atoms with Crippen LogP contribution in [0.5, 0.6) is 0 Å². The van der Waals surface area contributed by atoms with Crippen molar-refractivity contribution in [2.24, 2.45) is 13.0 Å². The van der Waals surface area contributed by atoms with Crippen molar-refractivity contribution in [2.75, 3.05) is 18.4 Å². The summed E-state index contributed by atoms with van der Waals surface area (Å²) in [7, 11) is 1.55. The summed E-state index contributed by atoms with van der Waals surface area (Å²) in [6.45, 7) is 3.56. The van der Waals surface area contributed by atoms with E-state index in [1.165, 1.54) is 35.2 Å². The largest absolute Gasteiger partial charge is 0.339 e. The molecule has 0 aliphatic carbocycles. The fourth-order valence-electron chi connectivity index (χ4n) is 3.02. The number of aryl methyl sites for hydroxylation is 1. The molecule has 3 heterocycles. The molecule has 8 heteroatoms. The number of amides is 2. The standard InChI is InChI=1S/C19H21ClN4O3/c1-12-5-7-24(8-6-12)18(26)14-9-15(19(27)23(2)11-14)22-17(25)13-3-4-16(20)21-10-13/h3-4,9-12H,5-8H2,1-2H3,(H,22,25). The normalized spacial score (nSPS) is 14.9. The number of carbonyl (C=O) groups excluding carboxylic acids is 2. The van der Waals surface area contributed by atoms with Crippen LogP contribution in [0.4, 0.5) is 5.69 Å². The molecule has 0 radical (unpaired) electrons. The molecule has 1 fully saturated rings. The highest BCUT2D eigenvalue weighted by molar-refractivity contribution is 6.29. The van der Waals surface area contributed by atoms with Crippen LogP contribution in [0.1, 0.15) is 40.5 Å². The van der Waals surface area contributed by atoms with Crippen LogP contribution in [0.25, 0.3) is 0 Å². The minimum Gasteiger partial charge on any atom is -0.339 e. The van der Waals surface area contributed by atoms with Crippen molar-refractivity contribution in [1.29, 1.82) is 0 Å². The molecule has 142 valence electrons. The molecule has 0 bridgehead atoms. The Balaban J connectivity index is 1.83. The van der Waals surface area contributed by atoms with Crippen LogP contribution >= 0.6 is 11.6 Å². The molecule has 27 heavy (non-hydrogen) atoms. The predicted molar refractivity (Wildman–Crippen MR) is 103 cm³/mol. The van der Waals surface area contributed by atoms with Gasteiger partial charge in [-0.3, -0.25) is 14.4 Å². The molecule has 0 spiro atoms. The number of hydrogen-bond acceptors (Lipinski definition) is 4. The SMILES string of the molecule is CC1CCN(C(=O)c2cc(NC(=O)c3ccc(Cl)nc3)c(=O)n(C)c2)CC1. The van der Waals surface area contributed by atoms with Crippen LogP contribution < -0.4 is 10.9 Å². The number of carbonyl (C=O) groups is 2. The maximum Gasteiger partial charge on any atom is 0.274 e. The van der Waals surface area contributed by atoms with E-state index in [9.17, 15) is 14.4 Å². The molecule has 1 aliphatic rings. The minimum absolute atomic E-state index is 0.0497. The highest BCUT2D eigenvalue weighted by atomic mass is 35.5.